The highest BCUT2D eigenvalue weighted by atomic mass is 19.1. The fraction of sp³-hybridized carbons (Fsp3) is 0.818. The molecular formula is C11H16FNO3. The van der Waals surface area contributed by atoms with Crippen LogP contribution in [0.4, 0.5) is 4.39 Å². The second kappa shape index (κ2) is 3.71. The lowest BCUT2D eigenvalue weighted by Gasteiger charge is -2.51. The third-order valence-electron chi connectivity index (χ3n) is 3.80. The molecule has 2 fully saturated rings. The normalized spacial score (nSPS) is 31.8. The highest BCUT2D eigenvalue weighted by Gasteiger charge is 2.67. The van der Waals surface area contributed by atoms with Crippen LogP contribution in [-0.4, -0.2) is 30.7 Å². The van der Waals surface area contributed by atoms with Crippen LogP contribution in [0.5, 0.6) is 0 Å². The molecule has 1 N–H and O–H groups in total. The van der Waals surface area contributed by atoms with Crippen molar-refractivity contribution in [2.24, 2.45) is 5.41 Å². The predicted octanol–water partition coefficient (Wildman–Crippen LogP) is 0.948. The van der Waals surface area contributed by atoms with Crippen LogP contribution in [-0.2, 0) is 14.3 Å². The van der Waals surface area contributed by atoms with Gasteiger partial charge in [-0.3, -0.25) is 4.79 Å². The molecule has 0 aromatic carbocycles. The molecule has 1 amide bonds. The van der Waals surface area contributed by atoms with Gasteiger partial charge in [-0.15, -0.1) is 0 Å². The van der Waals surface area contributed by atoms with Crippen LogP contribution in [0.2, 0.25) is 0 Å². The second-order valence-electron chi connectivity index (χ2n) is 4.52. The van der Waals surface area contributed by atoms with Crippen molar-refractivity contribution in [3.05, 3.63) is 0 Å². The Morgan fingerprint density at radius 1 is 1.50 bits per heavy atom. The van der Waals surface area contributed by atoms with E-state index in [9.17, 15) is 14.0 Å². The number of esters is 1. The Morgan fingerprint density at radius 3 is 2.69 bits per heavy atom. The molecule has 1 unspecified atom stereocenters. The topological polar surface area (TPSA) is 55.4 Å². The van der Waals surface area contributed by atoms with Crippen LogP contribution in [0.25, 0.3) is 0 Å². The molecule has 1 aliphatic carbocycles. The molecule has 0 radical (unpaired) electrons. The van der Waals surface area contributed by atoms with Crippen LogP contribution >= 0.6 is 0 Å². The van der Waals surface area contributed by atoms with E-state index < -0.39 is 23.0 Å². The maximum Gasteiger partial charge on any atom is 0.354 e. The predicted molar refractivity (Wildman–Crippen MR) is 54.4 cm³/mol. The second-order valence-corrected chi connectivity index (χ2v) is 4.52. The van der Waals surface area contributed by atoms with Gasteiger partial charge in [-0.25, -0.2) is 9.18 Å². The van der Waals surface area contributed by atoms with E-state index in [0.29, 0.717) is 25.8 Å². The number of amides is 1. The first-order valence-electron chi connectivity index (χ1n) is 5.71. The molecule has 1 atom stereocenters. The van der Waals surface area contributed by atoms with Gasteiger partial charge in [0.25, 0.3) is 11.6 Å². The average Bonchev–Trinajstić information content (AvgIpc) is 2.20. The van der Waals surface area contributed by atoms with E-state index in [1.165, 1.54) is 0 Å². The summed E-state index contributed by atoms with van der Waals surface area (Å²) in [5.41, 5.74) is -3.28. The van der Waals surface area contributed by atoms with E-state index in [2.05, 4.69) is 5.32 Å². The van der Waals surface area contributed by atoms with Gasteiger partial charge in [-0.2, -0.15) is 0 Å². The number of hydrogen-bond acceptors (Lipinski definition) is 3. The van der Waals surface area contributed by atoms with Crippen molar-refractivity contribution in [1.29, 1.82) is 0 Å². The number of piperidine rings is 1. The number of hydrogen-bond donors (Lipinski definition) is 1. The lowest BCUT2D eigenvalue weighted by molar-refractivity contribution is -0.186. The first-order chi connectivity index (χ1) is 7.57. The molecule has 5 heteroatoms. The molecule has 1 spiro atoms. The summed E-state index contributed by atoms with van der Waals surface area (Å²) >= 11 is 0. The number of alkyl halides is 1. The van der Waals surface area contributed by atoms with E-state index >= 15 is 0 Å². The molecule has 16 heavy (non-hydrogen) atoms. The summed E-state index contributed by atoms with van der Waals surface area (Å²) in [7, 11) is 0. The summed E-state index contributed by atoms with van der Waals surface area (Å²) < 4.78 is 19.5. The van der Waals surface area contributed by atoms with Crippen molar-refractivity contribution in [2.45, 2.75) is 38.3 Å². The van der Waals surface area contributed by atoms with Crippen LogP contribution in [0.3, 0.4) is 0 Å². The molecule has 1 aliphatic heterocycles. The summed E-state index contributed by atoms with van der Waals surface area (Å²) in [6.07, 6.45) is 2.58. The largest absolute Gasteiger partial charge is 0.463 e. The molecule has 90 valence electrons. The van der Waals surface area contributed by atoms with Crippen molar-refractivity contribution >= 4 is 11.9 Å². The van der Waals surface area contributed by atoms with E-state index in [1.54, 1.807) is 6.92 Å². The monoisotopic (exact) mass is 229 g/mol. The van der Waals surface area contributed by atoms with Crippen LogP contribution in [0, 0.1) is 5.41 Å². The fourth-order valence-corrected chi connectivity index (χ4v) is 2.69. The van der Waals surface area contributed by atoms with Gasteiger partial charge < -0.3 is 10.1 Å². The lowest BCUT2D eigenvalue weighted by atomic mass is 9.56. The highest BCUT2D eigenvalue weighted by Crippen LogP contribution is 2.55. The third kappa shape index (κ3) is 1.26. The van der Waals surface area contributed by atoms with Crippen molar-refractivity contribution in [1.82, 2.24) is 5.32 Å². The standard InChI is InChI=1S/C11H16FNO3/c1-2-16-9(15)11(12)8(14)13-7-6-10(11)4-3-5-10/h2-7H2,1H3,(H,13,14). The number of halogens is 1. The van der Waals surface area contributed by atoms with Crippen molar-refractivity contribution in [2.75, 3.05) is 13.2 Å². The SMILES string of the molecule is CCOC(=O)C1(F)C(=O)NCCC12CCC2. The quantitative estimate of drug-likeness (QED) is 0.566. The number of nitrogens with one attached hydrogen (secondary N) is 1. The van der Waals surface area contributed by atoms with Gasteiger partial charge in [0.2, 0.25) is 0 Å². The van der Waals surface area contributed by atoms with Crippen molar-refractivity contribution in [3.63, 3.8) is 0 Å². The molecule has 1 heterocycles. The minimum atomic E-state index is -2.47. The van der Waals surface area contributed by atoms with Crippen LogP contribution in [0.15, 0.2) is 0 Å². The Bertz CT molecular complexity index is 327. The first kappa shape index (κ1) is 11.4. The highest BCUT2D eigenvalue weighted by molar-refractivity contribution is 6.07. The summed E-state index contributed by atoms with van der Waals surface area (Å²) in [5.74, 6) is -1.84. The van der Waals surface area contributed by atoms with Gasteiger partial charge in [0.05, 0.1) is 6.61 Å². The Labute approximate surface area is 93.5 Å². The Kier molecular flexibility index (Phi) is 2.64. The fourth-order valence-electron chi connectivity index (χ4n) is 2.69. The van der Waals surface area contributed by atoms with Gasteiger partial charge in [0.1, 0.15) is 0 Å². The summed E-state index contributed by atoms with van der Waals surface area (Å²) in [5, 5.41) is 2.42. The van der Waals surface area contributed by atoms with Gasteiger partial charge in [-0.05, 0) is 26.2 Å². The minimum absolute atomic E-state index is 0.0911. The average molecular weight is 229 g/mol. The summed E-state index contributed by atoms with van der Waals surface area (Å²) in [6, 6.07) is 0. The Balaban J connectivity index is 2.31. The molecule has 2 rings (SSSR count). The number of carbonyl (C=O) groups is 2. The van der Waals surface area contributed by atoms with Gasteiger partial charge in [0, 0.05) is 12.0 Å². The summed E-state index contributed by atoms with van der Waals surface area (Å²) in [6.45, 7) is 2.15. The van der Waals surface area contributed by atoms with Gasteiger partial charge in [-0.1, -0.05) is 6.42 Å². The molecule has 2 aliphatic rings. The minimum Gasteiger partial charge on any atom is -0.463 e. The van der Waals surface area contributed by atoms with Gasteiger partial charge >= 0.3 is 5.97 Å². The molecule has 1 saturated heterocycles. The van der Waals surface area contributed by atoms with Crippen molar-refractivity contribution < 1.29 is 18.7 Å². The molecule has 0 aromatic rings. The van der Waals surface area contributed by atoms with E-state index in [1.807, 2.05) is 0 Å². The van der Waals surface area contributed by atoms with E-state index in [0.717, 1.165) is 6.42 Å². The number of ether oxygens (including phenoxy) is 1. The number of carbonyl (C=O) groups excluding carboxylic acids is 2. The maximum atomic E-state index is 14.8. The molecule has 0 aromatic heterocycles. The Morgan fingerprint density at radius 2 is 2.19 bits per heavy atom. The van der Waals surface area contributed by atoms with E-state index in [-0.39, 0.29) is 6.61 Å². The zero-order chi connectivity index (χ0) is 11.8. The maximum absolute atomic E-state index is 14.8. The zero-order valence-corrected chi connectivity index (χ0v) is 9.35. The molecule has 4 nitrogen and oxygen atoms in total. The van der Waals surface area contributed by atoms with Crippen molar-refractivity contribution in [3.8, 4) is 0 Å². The molecular weight excluding hydrogens is 213 g/mol. The molecule has 1 saturated carbocycles. The Hall–Kier alpha value is -1.13. The van der Waals surface area contributed by atoms with Crippen LogP contribution in [0.1, 0.15) is 32.6 Å². The van der Waals surface area contributed by atoms with Gasteiger partial charge in [0.15, 0.2) is 0 Å². The zero-order valence-electron chi connectivity index (χ0n) is 9.35. The third-order valence-corrected chi connectivity index (χ3v) is 3.80. The smallest absolute Gasteiger partial charge is 0.354 e. The first-order valence-corrected chi connectivity index (χ1v) is 5.71. The lowest BCUT2D eigenvalue weighted by Crippen LogP contribution is -2.67. The summed E-state index contributed by atoms with van der Waals surface area (Å²) in [4.78, 5) is 23.3. The van der Waals surface area contributed by atoms with Crippen LogP contribution < -0.4 is 5.32 Å². The number of rotatable bonds is 2. The van der Waals surface area contributed by atoms with E-state index in [4.69, 9.17) is 4.74 Å². The molecule has 0 bridgehead atoms.